The van der Waals surface area contributed by atoms with E-state index in [-0.39, 0.29) is 17.9 Å². The van der Waals surface area contributed by atoms with E-state index in [1.165, 1.54) is 4.90 Å². The quantitative estimate of drug-likeness (QED) is 0.683. The minimum absolute atomic E-state index is 0.0241. The molecule has 2 aliphatic rings. The predicted molar refractivity (Wildman–Crippen MR) is 116 cm³/mol. The van der Waals surface area contributed by atoms with Gasteiger partial charge in [0.1, 0.15) is 19.1 Å². The number of morpholine rings is 1. The number of rotatable bonds is 7. The van der Waals surface area contributed by atoms with E-state index in [1.807, 2.05) is 46.0 Å². The van der Waals surface area contributed by atoms with Crippen molar-refractivity contribution in [2.45, 2.75) is 32.4 Å². The lowest BCUT2D eigenvalue weighted by molar-refractivity contribution is -0.907. The molecule has 8 nitrogen and oxygen atoms in total. The Balaban J connectivity index is 1.53. The van der Waals surface area contributed by atoms with E-state index in [1.54, 1.807) is 18.0 Å². The van der Waals surface area contributed by atoms with Crippen LogP contribution in [-0.4, -0.2) is 83.4 Å². The largest absolute Gasteiger partial charge is 0.370 e. The highest BCUT2D eigenvalue weighted by molar-refractivity contribution is 5.87. The maximum Gasteiger partial charge on any atom is 0.245 e. The topological polar surface area (TPSA) is 72.1 Å². The highest BCUT2D eigenvalue weighted by atomic mass is 16.5. The number of ether oxygens (including phenoxy) is 1. The van der Waals surface area contributed by atoms with E-state index in [2.05, 4.69) is 5.10 Å². The summed E-state index contributed by atoms with van der Waals surface area (Å²) in [5.74, 6) is 0.0186. The van der Waals surface area contributed by atoms with E-state index >= 15 is 0 Å². The number of quaternary nitrogens is 1. The van der Waals surface area contributed by atoms with E-state index in [0.29, 0.717) is 19.6 Å². The van der Waals surface area contributed by atoms with Gasteiger partial charge in [-0.3, -0.25) is 9.59 Å². The number of nitrogens with one attached hydrogen (secondary N) is 1. The number of likely N-dealkylation sites (tertiary alicyclic amines) is 1. The van der Waals surface area contributed by atoms with E-state index in [0.717, 1.165) is 57.1 Å². The monoisotopic (exact) mass is 426 g/mol. The van der Waals surface area contributed by atoms with Crippen molar-refractivity contribution >= 4 is 11.8 Å². The summed E-state index contributed by atoms with van der Waals surface area (Å²) in [6, 6.07) is 11.6. The molecule has 2 aromatic rings. The van der Waals surface area contributed by atoms with Crippen molar-refractivity contribution in [1.82, 2.24) is 19.6 Å². The van der Waals surface area contributed by atoms with Crippen LogP contribution in [0.25, 0.3) is 5.69 Å². The zero-order valence-electron chi connectivity index (χ0n) is 18.2. The lowest BCUT2D eigenvalue weighted by Gasteiger charge is -2.31. The molecule has 166 valence electrons. The minimum Gasteiger partial charge on any atom is -0.370 e. The molecule has 1 N–H and O–H groups in total. The van der Waals surface area contributed by atoms with Crippen molar-refractivity contribution in [3.63, 3.8) is 0 Å². The minimum atomic E-state index is -0.356. The van der Waals surface area contributed by atoms with Crippen molar-refractivity contribution in [1.29, 1.82) is 0 Å². The fourth-order valence-electron chi connectivity index (χ4n) is 4.53. The number of hydrogen-bond donors (Lipinski definition) is 1. The van der Waals surface area contributed by atoms with Crippen LogP contribution in [0.15, 0.2) is 42.6 Å². The second-order valence-corrected chi connectivity index (χ2v) is 8.31. The molecule has 2 saturated heterocycles. The molecule has 0 spiro atoms. The Morgan fingerprint density at radius 2 is 1.97 bits per heavy atom. The molecule has 2 fully saturated rings. The molecule has 3 heterocycles. The van der Waals surface area contributed by atoms with Gasteiger partial charge in [0, 0.05) is 19.7 Å². The molecule has 2 amide bonds. The van der Waals surface area contributed by atoms with Gasteiger partial charge in [-0.05, 0) is 31.0 Å². The molecule has 1 atom stereocenters. The number of aromatic nitrogens is 2. The van der Waals surface area contributed by atoms with Crippen molar-refractivity contribution in [3.05, 3.63) is 48.3 Å². The fourth-order valence-corrected chi connectivity index (χ4v) is 4.53. The zero-order chi connectivity index (χ0) is 21.6. The van der Waals surface area contributed by atoms with Crippen LogP contribution < -0.4 is 4.90 Å². The molecule has 1 aromatic carbocycles. The van der Waals surface area contributed by atoms with Crippen LogP contribution in [-0.2, 0) is 20.9 Å². The van der Waals surface area contributed by atoms with E-state index in [9.17, 15) is 9.59 Å². The zero-order valence-corrected chi connectivity index (χ0v) is 18.2. The molecular weight excluding hydrogens is 394 g/mol. The average molecular weight is 427 g/mol. The Hall–Kier alpha value is -2.71. The van der Waals surface area contributed by atoms with Crippen molar-refractivity contribution < 1.29 is 19.2 Å². The van der Waals surface area contributed by atoms with Gasteiger partial charge in [0.2, 0.25) is 11.8 Å². The van der Waals surface area contributed by atoms with E-state index < -0.39 is 0 Å². The average Bonchev–Trinajstić information content (AvgIpc) is 3.47. The first kappa shape index (κ1) is 21.5. The predicted octanol–water partition coefficient (Wildman–Crippen LogP) is 0.127. The smallest absolute Gasteiger partial charge is 0.245 e. The Morgan fingerprint density at radius 1 is 1.19 bits per heavy atom. The van der Waals surface area contributed by atoms with Crippen LogP contribution in [0.5, 0.6) is 0 Å². The molecule has 0 unspecified atom stereocenters. The second kappa shape index (κ2) is 10.1. The van der Waals surface area contributed by atoms with Gasteiger partial charge in [0.05, 0.1) is 44.2 Å². The highest BCUT2D eigenvalue weighted by Gasteiger charge is 2.35. The summed E-state index contributed by atoms with van der Waals surface area (Å²) >= 11 is 0. The van der Waals surface area contributed by atoms with Gasteiger partial charge < -0.3 is 19.4 Å². The molecule has 0 aliphatic carbocycles. The van der Waals surface area contributed by atoms with Gasteiger partial charge in [-0.1, -0.05) is 18.2 Å². The number of para-hydroxylation sites is 1. The van der Waals surface area contributed by atoms with Crippen LogP contribution in [0.3, 0.4) is 0 Å². The third-order valence-corrected chi connectivity index (χ3v) is 6.26. The third-order valence-electron chi connectivity index (χ3n) is 6.26. The van der Waals surface area contributed by atoms with Crippen LogP contribution >= 0.6 is 0 Å². The lowest BCUT2D eigenvalue weighted by atomic mass is 10.1. The van der Waals surface area contributed by atoms with Crippen molar-refractivity contribution in [2.75, 3.05) is 45.9 Å². The van der Waals surface area contributed by atoms with Crippen LogP contribution in [0.2, 0.25) is 0 Å². The SMILES string of the molecule is CC(=O)N1CCC[C@@H]1C(=O)N(CC[NH+]1CCOCC1)Cc1ccnn1-c1ccccc1. The first-order valence-corrected chi connectivity index (χ1v) is 11.2. The molecule has 4 rings (SSSR count). The van der Waals surface area contributed by atoms with Gasteiger partial charge in [-0.25, -0.2) is 4.68 Å². The standard InChI is InChI=1S/C23H31N5O3/c1-19(29)27-11-5-8-22(27)23(30)26(13-12-25-14-16-31-17-15-25)18-21-9-10-24-28(21)20-6-3-2-4-7-20/h2-4,6-7,9-10,22H,5,8,11-18H2,1H3/p+1/t22-/m1/s1. The van der Waals surface area contributed by atoms with Gasteiger partial charge >= 0.3 is 0 Å². The molecule has 31 heavy (non-hydrogen) atoms. The van der Waals surface area contributed by atoms with Gasteiger partial charge in [0.15, 0.2) is 0 Å². The van der Waals surface area contributed by atoms with Gasteiger partial charge in [-0.15, -0.1) is 0 Å². The first-order chi connectivity index (χ1) is 15.1. The summed E-state index contributed by atoms with van der Waals surface area (Å²) < 4.78 is 7.36. The fraction of sp³-hybridized carbons (Fsp3) is 0.522. The lowest BCUT2D eigenvalue weighted by Crippen LogP contribution is -3.14. The first-order valence-electron chi connectivity index (χ1n) is 11.2. The number of benzene rings is 1. The summed E-state index contributed by atoms with van der Waals surface area (Å²) in [5.41, 5.74) is 1.93. The normalized spacial score (nSPS) is 19.5. The molecule has 8 heteroatoms. The summed E-state index contributed by atoms with van der Waals surface area (Å²) in [6.07, 6.45) is 3.38. The van der Waals surface area contributed by atoms with E-state index in [4.69, 9.17) is 4.74 Å². The summed E-state index contributed by atoms with van der Waals surface area (Å²) in [5, 5.41) is 4.48. The summed E-state index contributed by atoms with van der Waals surface area (Å²) in [4.78, 5) is 30.7. The van der Waals surface area contributed by atoms with Crippen LogP contribution in [0, 0.1) is 0 Å². The maximum absolute atomic E-state index is 13.6. The second-order valence-electron chi connectivity index (χ2n) is 8.31. The number of carbonyl (C=O) groups is 2. The van der Waals surface area contributed by atoms with Crippen molar-refractivity contribution in [3.8, 4) is 5.69 Å². The molecule has 0 radical (unpaired) electrons. The molecule has 1 aromatic heterocycles. The molecule has 2 aliphatic heterocycles. The number of amides is 2. The van der Waals surface area contributed by atoms with Crippen molar-refractivity contribution in [2.24, 2.45) is 0 Å². The van der Waals surface area contributed by atoms with Gasteiger partial charge in [-0.2, -0.15) is 5.10 Å². The maximum atomic E-state index is 13.6. The Morgan fingerprint density at radius 3 is 2.71 bits per heavy atom. The summed E-state index contributed by atoms with van der Waals surface area (Å²) in [7, 11) is 0. The number of nitrogens with zero attached hydrogens (tertiary/aromatic N) is 4. The Kier molecular flexibility index (Phi) is 6.99. The molecular formula is C23H32N5O3+. The highest BCUT2D eigenvalue weighted by Crippen LogP contribution is 2.21. The Labute approximate surface area is 183 Å². The van der Waals surface area contributed by atoms with Crippen LogP contribution in [0.4, 0.5) is 0 Å². The van der Waals surface area contributed by atoms with Crippen LogP contribution in [0.1, 0.15) is 25.5 Å². The molecule has 0 saturated carbocycles. The third kappa shape index (κ3) is 5.14. The summed E-state index contributed by atoms with van der Waals surface area (Å²) in [6.45, 7) is 7.68. The molecule has 0 bridgehead atoms. The number of hydrogen-bond acceptors (Lipinski definition) is 4. The Bertz CT molecular complexity index is 878. The number of carbonyl (C=O) groups excluding carboxylic acids is 2. The van der Waals surface area contributed by atoms with Gasteiger partial charge in [0.25, 0.3) is 0 Å².